The van der Waals surface area contributed by atoms with Crippen molar-refractivity contribution >= 4 is 46.1 Å². The Morgan fingerprint density at radius 1 is 1.12 bits per heavy atom. The molecule has 1 aromatic carbocycles. The van der Waals surface area contributed by atoms with E-state index in [-0.39, 0.29) is 12.2 Å². The molecule has 2 heterocycles. The van der Waals surface area contributed by atoms with E-state index in [4.69, 9.17) is 11.6 Å². The summed E-state index contributed by atoms with van der Waals surface area (Å²) in [5.41, 5.74) is 5.94. The van der Waals surface area contributed by atoms with Gasteiger partial charge in [0.15, 0.2) is 0 Å². The zero-order valence-corrected chi connectivity index (χ0v) is 15.9. The van der Waals surface area contributed by atoms with Gasteiger partial charge in [-0.1, -0.05) is 23.7 Å². The molecule has 0 aliphatic carbocycles. The summed E-state index contributed by atoms with van der Waals surface area (Å²) in [6.07, 6.45) is 0.0289. The maximum atomic E-state index is 12.9. The largest absolute Gasteiger partial charge is 0.281 e. The number of carbonyl (C=O) groups excluding carboxylic acids is 2. The first-order valence-corrected chi connectivity index (χ1v) is 9.50. The van der Waals surface area contributed by atoms with Crippen LogP contribution in [-0.2, 0) is 11.2 Å². The van der Waals surface area contributed by atoms with Gasteiger partial charge in [0.1, 0.15) is 15.7 Å². The number of hydrogen-bond donors (Lipinski definition) is 2. The van der Waals surface area contributed by atoms with E-state index in [0.29, 0.717) is 25.5 Å². The van der Waals surface area contributed by atoms with Gasteiger partial charge in [-0.15, -0.1) is 22.7 Å². The predicted octanol–water partition coefficient (Wildman–Crippen LogP) is 3.98. The lowest BCUT2D eigenvalue weighted by molar-refractivity contribution is -0.121. The number of aromatic nitrogens is 1. The SMILES string of the molecule is Cc1nc(-c2ccc(Cl)s2)sc1C(=O)NNC(=O)Cc1ccc(F)cc1. The second-order valence-electron chi connectivity index (χ2n) is 5.34. The summed E-state index contributed by atoms with van der Waals surface area (Å²) >= 11 is 8.53. The number of hydrogen-bond acceptors (Lipinski definition) is 5. The van der Waals surface area contributed by atoms with Gasteiger partial charge in [0.2, 0.25) is 5.91 Å². The third-order valence-corrected chi connectivity index (χ3v) is 5.94. The van der Waals surface area contributed by atoms with Crippen LogP contribution in [0.1, 0.15) is 20.9 Å². The zero-order valence-electron chi connectivity index (χ0n) is 13.5. The van der Waals surface area contributed by atoms with E-state index in [1.54, 1.807) is 13.0 Å². The third kappa shape index (κ3) is 4.46. The van der Waals surface area contributed by atoms with Crippen molar-refractivity contribution in [3.05, 3.63) is 62.7 Å². The molecule has 0 saturated heterocycles. The highest BCUT2D eigenvalue weighted by molar-refractivity contribution is 7.24. The zero-order chi connectivity index (χ0) is 18.7. The van der Waals surface area contributed by atoms with E-state index < -0.39 is 11.8 Å². The first-order valence-electron chi connectivity index (χ1n) is 7.49. The van der Waals surface area contributed by atoms with Gasteiger partial charge in [-0.25, -0.2) is 9.37 Å². The monoisotopic (exact) mass is 409 g/mol. The van der Waals surface area contributed by atoms with E-state index in [2.05, 4.69) is 15.8 Å². The number of halogens is 2. The normalized spacial score (nSPS) is 10.6. The Labute approximate surface area is 161 Å². The Bertz CT molecular complexity index is 953. The first-order chi connectivity index (χ1) is 12.4. The van der Waals surface area contributed by atoms with Gasteiger partial charge >= 0.3 is 0 Å². The minimum atomic E-state index is -0.443. The number of nitrogens with zero attached hydrogens (tertiary/aromatic N) is 1. The summed E-state index contributed by atoms with van der Waals surface area (Å²) in [4.78, 5) is 29.9. The van der Waals surface area contributed by atoms with Gasteiger partial charge in [0, 0.05) is 0 Å². The molecule has 0 aliphatic heterocycles. The molecule has 2 amide bonds. The van der Waals surface area contributed by atoms with Gasteiger partial charge in [-0.05, 0) is 36.8 Å². The average Bonchev–Trinajstić information content (AvgIpc) is 3.20. The molecule has 0 saturated carbocycles. The molecule has 0 aliphatic rings. The van der Waals surface area contributed by atoms with Crippen LogP contribution < -0.4 is 10.9 Å². The Balaban J connectivity index is 1.60. The smallest absolute Gasteiger partial charge is 0.273 e. The number of hydrazine groups is 1. The van der Waals surface area contributed by atoms with Crippen LogP contribution in [-0.4, -0.2) is 16.8 Å². The van der Waals surface area contributed by atoms with E-state index in [0.717, 1.165) is 4.88 Å². The summed E-state index contributed by atoms with van der Waals surface area (Å²) in [7, 11) is 0. The number of carbonyl (C=O) groups is 2. The molecule has 134 valence electrons. The number of thiazole rings is 1. The maximum absolute atomic E-state index is 12.9. The number of nitrogens with one attached hydrogen (secondary N) is 2. The summed E-state index contributed by atoms with van der Waals surface area (Å²) in [6, 6.07) is 9.20. The summed E-state index contributed by atoms with van der Waals surface area (Å²) < 4.78 is 13.5. The van der Waals surface area contributed by atoms with Gasteiger partial charge in [-0.3, -0.25) is 20.4 Å². The maximum Gasteiger partial charge on any atom is 0.281 e. The molecule has 5 nitrogen and oxygen atoms in total. The van der Waals surface area contributed by atoms with Gasteiger partial charge in [-0.2, -0.15) is 0 Å². The molecule has 0 atom stereocenters. The van der Waals surface area contributed by atoms with Crippen LogP contribution in [0.25, 0.3) is 9.88 Å². The number of aryl methyl sites for hydroxylation is 1. The highest BCUT2D eigenvalue weighted by Gasteiger charge is 2.17. The van der Waals surface area contributed by atoms with E-state index >= 15 is 0 Å². The molecular weight excluding hydrogens is 397 g/mol. The number of amides is 2. The van der Waals surface area contributed by atoms with Crippen LogP contribution in [0.5, 0.6) is 0 Å². The molecule has 26 heavy (non-hydrogen) atoms. The number of thiophene rings is 1. The highest BCUT2D eigenvalue weighted by Crippen LogP contribution is 2.34. The molecule has 0 radical (unpaired) electrons. The van der Waals surface area contributed by atoms with Crippen LogP contribution >= 0.6 is 34.3 Å². The Morgan fingerprint density at radius 2 is 1.85 bits per heavy atom. The summed E-state index contributed by atoms with van der Waals surface area (Å²) in [5, 5.41) is 0.696. The molecular formula is C17H13ClFN3O2S2. The minimum Gasteiger partial charge on any atom is -0.273 e. The summed E-state index contributed by atoms with van der Waals surface area (Å²) in [6.45, 7) is 1.73. The number of benzene rings is 1. The second kappa shape index (κ2) is 7.94. The molecule has 3 rings (SSSR count). The molecule has 9 heteroatoms. The van der Waals surface area contributed by atoms with Crippen LogP contribution in [0.2, 0.25) is 4.34 Å². The Kier molecular flexibility index (Phi) is 5.65. The molecule has 0 unspecified atom stereocenters. The van der Waals surface area contributed by atoms with Crippen molar-refractivity contribution in [1.29, 1.82) is 0 Å². The van der Waals surface area contributed by atoms with E-state index in [9.17, 15) is 14.0 Å². The molecule has 3 aromatic rings. The second-order valence-corrected chi connectivity index (χ2v) is 8.06. The van der Waals surface area contributed by atoms with Crippen LogP contribution in [0, 0.1) is 12.7 Å². The third-order valence-electron chi connectivity index (χ3n) is 3.38. The molecule has 0 bridgehead atoms. The van der Waals surface area contributed by atoms with Crippen molar-refractivity contribution < 1.29 is 14.0 Å². The van der Waals surface area contributed by atoms with Crippen molar-refractivity contribution in [1.82, 2.24) is 15.8 Å². The number of rotatable bonds is 4. The fourth-order valence-corrected chi connectivity index (χ4v) is 4.22. The fourth-order valence-electron chi connectivity index (χ4n) is 2.16. The van der Waals surface area contributed by atoms with Gasteiger partial charge in [0.25, 0.3) is 5.91 Å². The van der Waals surface area contributed by atoms with Crippen molar-refractivity contribution in [3.8, 4) is 9.88 Å². The van der Waals surface area contributed by atoms with Crippen molar-refractivity contribution in [2.45, 2.75) is 13.3 Å². The quantitative estimate of drug-likeness (QED) is 0.640. The molecule has 0 spiro atoms. The molecule has 2 aromatic heterocycles. The van der Waals surface area contributed by atoms with Crippen LogP contribution in [0.15, 0.2) is 36.4 Å². The fraction of sp³-hybridized carbons (Fsp3) is 0.118. The summed E-state index contributed by atoms with van der Waals surface area (Å²) in [5.74, 6) is -1.22. The lowest BCUT2D eigenvalue weighted by atomic mass is 10.1. The molecule has 2 N–H and O–H groups in total. The lowest BCUT2D eigenvalue weighted by Gasteiger charge is -2.06. The van der Waals surface area contributed by atoms with Crippen molar-refractivity contribution in [2.75, 3.05) is 0 Å². The standard InChI is InChI=1S/C17H13ClFN3O2S2/c1-9-15(26-17(20-9)12-6-7-13(18)25-12)16(24)22-21-14(23)8-10-2-4-11(19)5-3-10/h2-7H,8H2,1H3,(H,21,23)(H,22,24). The van der Waals surface area contributed by atoms with Crippen LogP contribution in [0.3, 0.4) is 0 Å². The van der Waals surface area contributed by atoms with Crippen LogP contribution in [0.4, 0.5) is 4.39 Å². The van der Waals surface area contributed by atoms with Crippen molar-refractivity contribution in [3.63, 3.8) is 0 Å². The minimum absolute atomic E-state index is 0.0289. The topological polar surface area (TPSA) is 71.1 Å². The first kappa shape index (κ1) is 18.5. The Hall–Kier alpha value is -2.29. The van der Waals surface area contributed by atoms with E-state index in [1.807, 2.05) is 6.07 Å². The Morgan fingerprint density at radius 3 is 2.50 bits per heavy atom. The van der Waals surface area contributed by atoms with E-state index in [1.165, 1.54) is 46.9 Å². The van der Waals surface area contributed by atoms with Gasteiger partial charge in [0.05, 0.1) is 21.3 Å². The van der Waals surface area contributed by atoms with Gasteiger partial charge < -0.3 is 0 Å². The average molecular weight is 410 g/mol. The predicted molar refractivity (Wildman–Crippen MR) is 101 cm³/mol. The van der Waals surface area contributed by atoms with Crippen molar-refractivity contribution in [2.24, 2.45) is 0 Å². The lowest BCUT2D eigenvalue weighted by Crippen LogP contribution is -2.42. The highest BCUT2D eigenvalue weighted by atomic mass is 35.5. The molecule has 0 fully saturated rings.